The molecular weight excluding hydrogens is 334 g/mol. The molecule has 0 saturated heterocycles. The minimum absolute atomic E-state index is 0.593. The lowest BCUT2D eigenvalue weighted by atomic mass is 10.2. The lowest BCUT2D eigenvalue weighted by Crippen LogP contribution is -2.17. The van der Waals surface area contributed by atoms with E-state index in [9.17, 15) is 0 Å². The first-order valence-electron chi connectivity index (χ1n) is 9.27. The number of nitrogens with one attached hydrogen (secondary N) is 2. The predicted octanol–water partition coefficient (Wildman–Crippen LogP) is 4.47. The van der Waals surface area contributed by atoms with E-state index in [1.165, 1.54) is 11.1 Å². The van der Waals surface area contributed by atoms with E-state index in [1.807, 2.05) is 48.5 Å². The largest absolute Gasteiger partial charge is 0.489 e. The molecule has 0 aliphatic carbocycles. The Balaban J connectivity index is 1.21. The second-order valence-electron chi connectivity index (χ2n) is 6.55. The lowest BCUT2D eigenvalue weighted by Gasteiger charge is -2.08. The van der Waals surface area contributed by atoms with E-state index < -0.39 is 0 Å². The van der Waals surface area contributed by atoms with Crippen LogP contribution in [0.1, 0.15) is 17.0 Å². The van der Waals surface area contributed by atoms with E-state index in [0.29, 0.717) is 6.61 Å². The van der Waals surface area contributed by atoms with E-state index >= 15 is 0 Å². The van der Waals surface area contributed by atoms with Crippen molar-refractivity contribution >= 4 is 11.0 Å². The van der Waals surface area contributed by atoms with Crippen LogP contribution in [0.25, 0.3) is 11.0 Å². The molecule has 0 amide bonds. The maximum absolute atomic E-state index is 5.83. The Morgan fingerprint density at radius 3 is 2.41 bits per heavy atom. The number of hydrogen-bond donors (Lipinski definition) is 2. The Bertz CT molecular complexity index is 944. The number of rotatable bonds is 8. The first kappa shape index (κ1) is 17.3. The molecule has 0 atom stereocenters. The third kappa shape index (κ3) is 4.74. The van der Waals surface area contributed by atoms with Gasteiger partial charge in [0, 0.05) is 19.5 Å². The Kier molecular flexibility index (Phi) is 5.46. The second kappa shape index (κ2) is 8.52. The number of H-pyrrole nitrogens is 1. The number of nitrogens with zero attached hydrogens (tertiary/aromatic N) is 1. The summed E-state index contributed by atoms with van der Waals surface area (Å²) < 4.78 is 5.83. The molecule has 4 heteroatoms. The zero-order chi connectivity index (χ0) is 18.3. The minimum atomic E-state index is 0.593. The Labute approximate surface area is 159 Å². The molecule has 4 aromatic rings. The number of hydrogen-bond acceptors (Lipinski definition) is 3. The van der Waals surface area contributed by atoms with Crippen LogP contribution in [0.15, 0.2) is 78.9 Å². The fourth-order valence-electron chi connectivity index (χ4n) is 3.01. The molecule has 2 N–H and O–H groups in total. The van der Waals surface area contributed by atoms with Crippen LogP contribution in [-0.4, -0.2) is 16.5 Å². The Morgan fingerprint density at radius 2 is 1.59 bits per heavy atom. The molecule has 0 radical (unpaired) electrons. The molecule has 0 aliphatic rings. The molecule has 0 spiro atoms. The summed E-state index contributed by atoms with van der Waals surface area (Å²) in [6.07, 6.45) is 0.882. The average molecular weight is 357 g/mol. The van der Waals surface area contributed by atoms with Crippen LogP contribution in [0.4, 0.5) is 0 Å². The highest BCUT2D eigenvalue weighted by atomic mass is 16.5. The van der Waals surface area contributed by atoms with Crippen molar-refractivity contribution in [3.05, 3.63) is 95.8 Å². The minimum Gasteiger partial charge on any atom is -0.489 e. The van der Waals surface area contributed by atoms with Crippen molar-refractivity contribution in [1.29, 1.82) is 0 Å². The molecule has 4 nitrogen and oxygen atoms in total. The Morgan fingerprint density at radius 1 is 0.815 bits per heavy atom. The second-order valence-corrected chi connectivity index (χ2v) is 6.55. The maximum atomic E-state index is 5.83. The number of para-hydroxylation sites is 2. The highest BCUT2D eigenvalue weighted by molar-refractivity contribution is 5.74. The summed E-state index contributed by atoms with van der Waals surface area (Å²) in [7, 11) is 0. The van der Waals surface area contributed by atoms with E-state index in [2.05, 4.69) is 45.6 Å². The van der Waals surface area contributed by atoms with Gasteiger partial charge < -0.3 is 15.0 Å². The molecule has 0 aliphatic heterocycles. The van der Waals surface area contributed by atoms with Crippen molar-refractivity contribution < 1.29 is 4.74 Å². The van der Waals surface area contributed by atoms with Crippen LogP contribution < -0.4 is 10.1 Å². The zero-order valence-corrected chi connectivity index (χ0v) is 15.2. The van der Waals surface area contributed by atoms with Crippen molar-refractivity contribution in [1.82, 2.24) is 15.3 Å². The van der Waals surface area contributed by atoms with Crippen molar-refractivity contribution in [3.8, 4) is 5.75 Å². The molecule has 136 valence electrons. The molecule has 0 unspecified atom stereocenters. The highest BCUT2D eigenvalue weighted by Gasteiger charge is 2.02. The van der Waals surface area contributed by atoms with E-state index in [1.54, 1.807) is 0 Å². The van der Waals surface area contributed by atoms with Crippen LogP contribution in [0, 0.1) is 0 Å². The van der Waals surface area contributed by atoms with Crippen LogP contribution in [-0.2, 0) is 19.6 Å². The van der Waals surface area contributed by atoms with Gasteiger partial charge in [-0.3, -0.25) is 0 Å². The number of aromatic nitrogens is 2. The van der Waals surface area contributed by atoms with Crippen LogP contribution in [0.3, 0.4) is 0 Å². The molecule has 4 rings (SSSR count). The number of aromatic amines is 1. The summed E-state index contributed by atoms with van der Waals surface area (Å²) >= 11 is 0. The summed E-state index contributed by atoms with van der Waals surface area (Å²) in [6.45, 7) is 2.31. The van der Waals surface area contributed by atoms with Gasteiger partial charge in [0.25, 0.3) is 0 Å². The van der Waals surface area contributed by atoms with Gasteiger partial charge in [0.15, 0.2) is 0 Å². The van der Waals surface area contributed by atoms with Gasteiger partial charge in [0.1, 0.15) is 18.2 Å². The van der Waals surface area contributed by atoms with Crippen molar-refractivity contribution in [2.75, 3.05) is 6.54 Å². The monoisotopic (exact) mass is 357 g/mol. The maximum Gasteiger partial charge on any atom is 0.119 e. The highest BCUT2D eigenvalue weighted by Crippen LogP contribution is 2.14. The quantitative estimate of drug-likeness (QED) is 0.457. The SMILES string of the molecule is c1ccc(COc2ccc(CNCCc3nc4ccccc4[nH]3)cc2)cc1. The Hall–Kier alpha value is -3.11. The zero-order valence-electron chi connectivity index (χ0n) is 15.2. The van der Waals surface area contributed by atoms with Gasteiger partial charge >= 0.3 is 0 Å². The first-order valence-corrected chi connectivity index (χ1v) is 9.27. The van der Waals surface area contributed by atoms with E-state index in [4.69, 9.17) is 4.74 Å². The third-order valence-electron chi connectivity index (χ3n) is 4.48. The van der Waals surface area contributed by atoms with Crippen LogP contribution >= 0.6 is 0 Å². The van der Waals surface area contributed by atoms with Gasteiger partial charge in [-0.15, -0.1) is 0 Å². The smallest absolute Gasteiger partial charge is 0.119 e. The van der Waals surface area contributed by atoms with Gasteiger partial charge in [-0.2, -0.15) is 0 Å². The van der Waals surface area contributed by atoms with Crippen LogP contribution in [0.2, 0.25) is 0 Å². The molecule has 0 fully saturated rings. The normalized spacial score (nSPS) is 11.0. The van der Waals surface area contributed by atoms with Crippen molar-refractivity contribution in [2.24, 2.45) is 0 Å². The predicted molar refractivity (Wildman–Crippen MR) is 109 cm³/mol. The summed E-state index contributed by atoms with van der Waals surface area (Å²) in [5.74, 6) is 1.92. The summed E-state index contributed by atoms with van der Waals surface area (Å²) in [5.41, 5.74) is 4.54. The van der Waals surface area contributed by atoms with Gasteiger partial charge in [-0.1, -0.05) is 54.6 Å². The summed E-state index contributed by atoms with van der Waals surface area (Å²) in [6, 6.07) is 26.6. The van der Waals surface area contributed by atoms with Crippen molar-refractivity contribution in [3.63, 3.8) is 0 Å². The van der Waals surface area contributed by atoms with E-state index in [-0.39, 0.29) is 0 Å². The fourth-order valence-corrected chi connectivity index (χ4v) is 3.01. The first-order chi connectivity index (χ1) is 13.4. The average Bonchev–Trinajstić information content (AvgIpc) is 3.14. The van der Waals surface area contributed by atoms with Gasteiger partial charge in [-0.25, -0.2) is 4.98 Å². The number of fused-ring (bicyclic) bond motifs is 1. The van der Waals surface area contributed by atoms with Gasteiger partial charge in [0.2, 0.25) is 0 Å². The van der Waals surface area contributed by atoms with E-state index in [0.717, 1.165) is 42.1 Å². The molecule has 27 heavy (non-hydrogen) atoms. The summed E-state index contributed by atoms with van der Waals surface area (Å²) in [5, 5.41) is 3.47. The van der Waals surface area contributed by atoms with Crippen LogP contribution in [0.5, 0.6) is 5.75 Å². The third-order valence-corrected chi connectivity index (χ3v) is 4.48. The van der Waals surface area contributed by atoms with Gasteiger partial charge in [-0.05, 0) is 35.4 Å². The molecule has 0 bridgehead atoms. The van der Waals surface area contributed by atoms with Crippen molar-refractivity contribution in [2.45, 2.75) is 19.6 Å². The molecular formula is C23H23N3O. The topological polar surface area (TPSA) is 49.9 Å². The van der Waals surface area contributed by atoms with Gasteiger partial charge in [0.05, 0.1) is 11.0 Å². The fraction of sp³-hybridized carbons (Fsp3) is 0.174. The standard InChI is InChI=1S/C23H23N3O/c1-2-6-19(7-3-1)17-27-20-12-10-18(11-13-20)16-24-15-14-23-25-21-8-4-5-9-22(21)26-23/h1-13,24H,14-17H2,(H,25,26). The summed E-state index contributed by atoms with van der Waals surface area (Å²) in [4.78, 5) is 7.96. The number of ether oxygens (including phenoxy) is 1. The number of imidazole rings is 1. The number of benzene rings is 3. The molecule has 0 saturated carbocycles. The molecule has 1 aromatic heterocycles. The molecule has 3 aromatic carbocycles. The molecule has 1 heterocycles. The lowest BCUT2D eigenvalue weighted by molar-refractivity contribution is 0.306.